The Morgan fingerprint density at radius 2 is 1.60 bits per heavy atom. The van der Waals surface area contributed by atoms with Crippen LogP contribution in [-0.4, -0.2) is 26.8 Å². The quantitative estimate of drug-likeness (QED) is 0.814. The molecule has 0 aliphatic carbocycles. The first-order valence-corrected chi connectivity index (χ1v) is 7.60. The average Bonchev–Trinajstić information content (AvgIpc) is 2.76. The lowest BCUT2D eigenvalue weighted by Gasteiger charge is -2.14. The number of carbonyl (C=O) groups is 2. The number of rotatable bonds is 5. The van der Waals surface area contributed by atoms with Crippen molar-refractivity contribution in [3.05, 3.63) is 36.4 Å². The molecule has 0 atom stereocenters. The van der Waals surface area contributed by atoms with Crippen LogP contribution >= 0.6 is 0 Å². The number of carbonyl (C=O) groups excluding carboxylic acids is 2. The van der Waals surface area contributed by atoms with Gasteiger partial charge in [-0.15, -0.1) is 0 Å². The smallest absolute Gasteiger partial charge is 0.258 e. The second-order valence-corrected chi connectivity index (χ2v) is 6.00. The highest BCUT2D eigenvalue weighted by Gasteiger charge is 2.25. The predicted octanol–water partition coefficient (Wildman–Crippen LogP) is 0.804. The minimum atomic E-state index is -3.54. The second kappa shape index (κ2) is 5.56. The van der Waals surface area contributed by atoms with Gasteiger partial charge in [0.05, 0.1) is 10.6 Å². The normalized spacial score (nSPS) is 15.2. The molecule has 1 aromatic carbocycles. The number of nitrogens with one attached hydrogen (secondary N) is 1. The Bertz CT molecular complexity index is 644. The zero-order chi connectivity index (χ0) is 14.8. The van der Waals surface area contributed by atoms with Crippen LogP contribution in [0.25, 0.3) is 0 Å². The lowest BCUT2D eigenvalue weighted by atomic mass is 10.3. The molecule has 6 nitrogen and oxygen atoms in total. The van der Waals surface area contributed by atoms with Gasteiger partial charge in [0.15, 0.2) is 0 Å². The maximum absolute atomic E-state index is 11.9. The third kappa shape index (κ3) is 2.78. The third-order valence-corrected chi connectivity index (χ3v) is 4.23. The highest BCUT2D eigenvalue weighted by Crippen LogP contribution is 2.21. The SMILES string of the molecule is CCCNS(=O)(=O)c1ccc(N2C(=O)C=CC2=O)cc1. The molecule has 1 aliphatic rings. The summed E-state index contributed by atoms with van der Waals surface area (Å²) in [5.41, 5.74) is 0.347. The molecule has 0 spiro atoms. The van der Waals surface area contributed by atoms with E-state index in [1.807, 2.05) is 6.92 Å². The summed E-state index contributed by atoms with van der Waals surface area (Å²) in [6.45, 7) is 2.22. The number of imide groups is 1. The molecule has 0 unspecified atom stereocenters. The molecule has 2 rings (SSSR count). The first-order valence-electron chi connectivity index (χ1n) is 6.11. The molecule has 106 valence electrons. The monoisotopic (exact) mass is 294 g/mol. The highest BCUT2D eigenvalue weighted by molar-refractivity contribution is 7.89. The lowest BCUT2D eigenvalue weighted by Crippen LogP contribution is -2.29. The van der Waals surface area contributed by atoms with Crippen molar-refractivity contribution in [1.82, 2.24) is 4.72 Å². The number of hydrogen-bond donors (Lipinski definition) is 1. The van der Waals surface area contributed by atoms with Gasteiger partial charge >= 0.3 is 0 Å². The Balaban J connectivity index is 2.23. The van der Waals surface area contributed by atoms with E-state index in [1.54, 1.807) is 0 Å². The molecule has 0 bridgehead atoms. The summed E-state index contributed by atoms with van der Waals surface area (Å²) in [7, 11) is -3.54. The summed E-state index contributed by atoms with van der Waals surface area (Å²) in [6, 6.07) is 5.60. The fourth-order valence-corrected chi connectivity index (χ4v) is 2.88. The van der Waals surface area contributed by atoms with Crippen LogP contribution in [0.15, 0.2) is 41.3 Å². The number of benzene rings is 1. The molecule has 0 saturated carbocycles. The highest BCUT2D eigenvalue weighted by atomic mass is 32.2. The summed E-state index contributed by atoms with van der Waals surface area (Å²) in [5.74, 6) is -0.871. The molecule has 0 fully saturated rings. The van der Waals surface area contributed by atoms with Gasteiger partial charge in [-0.05, 0) is 30.7 Å². The van der Waals surface area contributed by atoms with Crippen LogP contribution in [0.3, 0.4) is 0 Å². The molecule has 2 amide bonds. The molecular weight excluding hydrogens is 280 g/mol. The van der Waals surface area contributed by atoms with E-state index >= 15 is 0 Å². The van der Waals surface area contributed by atoms with E-state index in [1.165, 1.54) is 36.4 Å². The first kappa shape index (κ1) is 14.4. The van der Waals surface area contributed by atoms with Gasteiger partial charge in [-0.2, -0.15) is 0 Å². The Morgan fingerprint density at radius 1 is 1.05 bits per heavy atom. The van der Waals surface area contributed by atoms with Crippen LogP contribution in [0.2, 0.25) is 0 Å². The van der Waals surface area contributed by atoms with Crippen molar-refractivity contribution < 1.29 is 18.0 Å². The fourth-order valence-electron chi connectivity index (χ4n) is 1.75. The summed E-state index contributed by atoms with van der Waals surface area (Å²) >= 11 is 0. The van der Waals surface area contributed by atoms with Crippen LogP contribution in [0, 0.1) is 0 Å². The van der Waals surface area contributed by atoms with Crippen LogP contribution < -0.4 is 9.62 Å². The van der Waals surface area contributed by atoms with Crippen LogP contribution in [0.1, 0.15) is 13.3 Å². The minimum absolute atomic E-state index is 0.0988. The number of nitrogens with zero attached hydrogens (tertiary/aromatic N) is 1. The Hall–Kier alpha value is -1.99. The third-order valence-electron chi connectivity index (χ3n) is 2.76. The van der Waals surface area contributed by atoms with Gasteiger partial charge in [-0.1, -0.05) is 6.92 Å². The van der Waals surface area contributed by atoms with Gasteiger partial charge in [-0.3, -0.25) is 9.59 Å². The average molecular weight is 294 g/mol. The molecule has 7 heteroatoms. The van der Waals surface area contributed by atoms with E-state index in [2.05, 4.69) is 4.72 Å². The van der Waals surface area contributed by atoms with Gasteiger partial charge in [0.1, 0.15) is 0 Å². The van der Waals surface area contributed by atoms with Crippen molar-refractivity contribution >= 4 is 27.5 Å². The van der Waals surface area contributed by atoms with Crippen molar-refractivity contribution in [3.8, 4) is 0 Å². The van der Waals surface area contributed by atoms with E-state index in [9.17, 15) is 18.0 Å². The summed E-state index contributed by atoms with van der Waals surface area (Å²) in [5, 5.41) is 0. The number of anilines is 1. The Labute approximate surface area is 117 Å². The summed E-state index contributed by atoms with van der Waals surface area (Å²) in [4.78, 5) is 24.1. The standard InChI is InChI=1S/C13H14N2O4S/c1-2-9-14-20(18,19)11-5-3-10(4-6-11)15-12(16)7-8-13(15)17/h3-8,14H,2,9H2,1H3. The summed E-state index contributed by atoms with van der Waals surface area (Å²) < 4.78 is 26.2. The van der Waals surface area contributed by atoms with Crippen molar-refractivity contribution in [3.63, 3.8) is 0 Å². The van der Waals surface area contributed by atoms with E-state index in [-0.39, 0.29) is 4.90 Å². The van der Waals surface area contributed by atoms with Crippen molar-refractivity contribution in [2.45, 2.75) is 18.2 Å². The van der Waals surface area contributed by atoms with E-state index in [0.717, 1.165) is 4.90 Å². The van der Waals surface area contributed by atoms with Gasteiger partial charge < -0.3 is 0 Å². The zero-order valence-electron chi connectivity index (χ0n) is 10.9. The van der Waals surface area contributed by atoms with Crippen LogP contribution in [0.4, 0.5) is 5.69 Å². The molecule has 20 heavy (non-hydrogen) atoms. The van der Waals surface area contributed by atoms with E-state index in [4.69, 9.17) is 0 Å². The topological polar surface area (TPSA) is 83.6 Å². The Kier molecular flexibility index (Phi) is 4.01. The number of hydrogen-bond acceptors (Lipinski definition) is 4. The fraction of sp³-hybridized carbons (Fsp3) is 0.231. The molecular formula is C13H14N2O4S. The second-order valence-electron chi connectivity index (χ2n) is 4.24. The summed E-state index contributed by atoms with van der Waals surface area (Å²) in [6.07, 6.45) is 3.05. The maximum atomic E-state index is 11.9. The van der Waals surface area contributed by atoms with Gasteiger partial charge in [0.2, 0.25) is 10.0 Å². The van der Waals surface area contributed by atoms with Crippen LogP contribution in [-0.2, 0) is 19.6 Å². The van der Waals surface area contributed by atoms with Crippen molar-refractivity contribution in [2.24, 2.45) is 0 Å². The molecule has 1 heterocycles. The van der Waals surface area contributed by atoms with Gasteiger partial charge in [0.25, 0.3) is 11.8 Å². The lowest BCUT2D eigenvalue weighted by molar-refractivity contribution is -0.119. The molecule has 0 radical (unpaired) electrons. The maximum Gasteiger partial charge on any atom is 0.258 e. The predicted molar refractivity (Wildman–Crippen MR) is 73.6 cm³/mol. The van der Waals surface area contributed by atoms with Crippen molar-refractivity contribution in [2.75, 3.05) is 11.4 Å². The Morgan fingerprint density at radius 3 is 2.10 bits per heavy atom. The van der Waals surface area contributed by atoms with Crippen molar-refractivity contribution in [1.29, 1.82) is 0 Å². The van der Waals surface area contributed by atoms with E-state index in [0.29, 0.717) is 18.7 Å². The minimum Gasteiger partial charge on any atom is -0.269 e. The molecule has 1 aliphatic heterocycles. The number of sulfonamides is 1. The molecule has 0 saturated heterocycles. The zero-order valence-corrected chi connectivity index (χ0v) is 11.7. The van der Waals surface area contributed by atoms with Gasteiger partial charge in [0, 0.05) is 18.7 Å². The molecule has 1 N–H and O–H groups in total. The largest absolute Gasteiger partial charge is 0.269 e. The van der Waals surface area contributed by atoms with Gasteiger partial charge in [-0.25, -0.2) is 18.0 Å². The number of amides is 2. The molecule has 1 aromatic rings. The van der Waals surface area contributed by atoms with E-state index < -0.39 is 21.8 Å². The van der Waals surface area contributed by atoms with Crippen LogP contribution in [0.5, 0.6) is 0 Å². The first-order chi connectivity index (χ1) is 9.45. The molecule has 0 aromatic heterocycles.